The molecule has 0 fully saturated rings. The molecule has 0 heteroatoms. The lowest BCUT2D eigenvalue weighted by atomic mass is 9.88. The van der Waals surface area contributed by atoms with E-state index in [-0.39, 0.29) is 0 Å². The van der Waals surface area contributed by atoms with Gasteiger partial charge < -0.3 is 0 Å². The van der Waals surface area contributed by atoms with Crippen molar-refractivity contribution in [3.8, 4) is 0 Å². The minimum absolute atomic E-state index is 0.317. The van der Waals surface area contributed by atoms with Crippen molar-refractivity contribution >= 4 is 10.8 Å². The van der Waals surface area contributed by atoms with E-state index in [4.69, 9.17) is 0 Å². The highest BCUT2D eigenvalue weighted by Gasteiger charge is 2.11. The van der Waals surface area contributed by atoms with Gasteiger partial charge in [0, 0.05) is 5.92 Å². The summed E-state index contributed by atoms with van der Waals surface area (Å²) in [7, 11) is 0. The van der Waals surface area contributed by atoms with Gasteiger partial charge in [0.05, 0.1) is 0 Å². The van der Waals surface area contributed by atoms with Crippen LogP contribution in [-0.2, 0) is 0 Å². The number of allylic oxidation sites excluding steroid dienone is 3. The number of unbranched alkanes of at least 4 members (excludes halogenated alkanes) is 4. The first-order chi connectivity index (χ1) is 10.7. The molecule has 0 aliphatic rings. The lowest BCUT2D eigenvalue weighted by Crippen LogP contribution is -1.97. The van der Waals surface area contributed by atoms with Crippen LogP contribution in [0.5, 0.6) is 0 Å². The summed E-state index contributed by atoms with van der Waals surface area (Å²) in [6.07, 6.45) is 11.1. The van der Waals surface area contributed by atoms with Gasteiger partial charge in [-0.05, 0) is 36.1 Å². The van der Waals surface area contributed by atoms with Crippen LogP contribution in [0.25, 0.3) is 10.8 Å². The summed E-state index contributed by atoms with van der Waals surface area (Å²) in [4.78, 5) is 0. The van der Waals surface area contributed by atoms with Crippen molar-refractivity contribution in [1.29, 1.82) is 0 Å². The molecule has 0 aliphatic heterocycles. The molecule has 0 nitrogen and oxygen atoms in total. The third-order valence-electron chi connectivity index (χ3n) is 4.24. The van der Waals surface area contributed by atoms with Crippen molar-refractivity contribution in [1.82, 2.24) is 0 Å². The third-order valence-corrected chi connectivity index (χ3v) is 4.24. The molecule has 0 bridgehead atoms. The fraction of sp³-hybridized carbons (Fsp3) is 0.364. The van der Waals surface area contributed by atoms with Crippen molar-refractivity contribution < 1.29 is 0 Å². The van der Waals surface area contributed by atoms with Crippen LogP contribution in [0.1, 0.15) is 57.4 Å². The van der Waals surface area contributed by atoms with E-state index in [1.54, 1.807) is 0 Å². The van der Waals surface area contributed by atoms with Gasteiger partial charge in [0.2, 0.25) is 0 Å². The number of hydrogen-bond donors (Lipinski definition) is 0. The van der Waals surface area contributed by atoms with E-state index in [9.17, 15) is 0 Å². The van der Waals surface area contributed by atoms with Gasteiger partial charge in [-0.3, -0.25) is 0 Å². The zero-order chi connectivity index (χ0) is 15.8. The standard InChI is InChI=1S/C22H28/c1-4-5-6-7-8-9-15-20(18(2)3)22-17-12-14-19-13-10-11-16-21(19)22/h9-17,20H,2,4-8H2,1,3H3/b15-9+/t20-/m0/s1. The van der Waals surface area contributed by atoms with Crippen LogP contribution in [0, 0.1) is 0 Å². The molecule has 0 unspecified atom stereocenters. The Labute approximate surface area is 135 Å². The van der Waals surface area contributed by atoms with Gasteiger partial charge in [0.15, 0.2) is 0 Å². The van der Waals surface area contributed by atoms with Crippen LogP contribution >= 0.6 is 0 Å². The van der Waals surface area contributed by atoms with Crippen LogP contribution in [0.3, 0.4) is 0 Å². The molecule has 0 saturated heterocycles. The lowest BCUT2D eigenvalue weighted by Gasteiger charge is -2.16. The van der Waals surface area contributed by atoms with Crippen LogP contribution in [0.4, 0.5) is 0 Å². The molecule has 1 atom stereocenters. The summed E-state index contributed by atoms with van der Waals surface area (Å²) in [5.41, 5.74) is 2.58. The molecule has 0 N–H and O–H groups in total. The van der Waals surface area contributed by atoms with E-state index in [1.807, 2.05) is 0 Å². The zero-order valence-electron chi connectivity index (χ0n) is 14.0. The Morgan fingerprint density at radius 1 is 1.05 bits per heavy atom. The minimum atomic E-state index is 0.317. The summed E-state index contributed by atoms with van der Waals surface area (Å²) in [6.45, 7) is 8.61. The first-order valence-electron chi connectivity index (χ1n) is 8.53. The molecule has 116 valence electrons. The fourth-order valence-electron chi connectivity index (χ4n) is 2.98. The summed E-state index contributed by atoms with van der Waals surface area (Å²) in [5, 5.41) is 2.65. The average molecular weight is 292 g/mol. The summed E-state index contributed by atoms with van der Waals surface area (Å²) < 4.78 is 0. The first kappa shape index (κ1) is 16.5. The smallest absolute Gasteiger partial charge is 0.0229 e. The van der Waals surface area contributed by atoms with Gasteiger partial charge >= 0.3 is 0 Å². The quantitative estimate of drug-likeness (QED) is 0.362. The van der Waals surface area contributed by atoms with Gasteiger partial charge in [0.1, 0.15) is 0 Å². The Morgan fingerprint density at radius 3 is 2.59 bits per heavy atom. The van der Waals surface area contributed by atoms with Crippen LogP contribution in [0.15, 0.2) is 66.8 Å². The third kappa shape index (κ3) is 4.34. The predicted molar refractivity (Wildman–Crippen MR) is 99.4 cm³/mol. The summed E-state index contributed by atoms with van der Waals surface area (Å²) >= 11 is 0. The van der Waals surface area contributed by atoms with E-state index in [1.165, 1.54) is 54.0 Å². The Bertz CT molecular complexity index is 628. The maximum Gasteiger partial charge on any atom is 0.0229 e. The van der Waals surface area contributed by atoms with Gasteiger partial charge in [-0.25, -0.2) is 0 Å². The van der Waals surface area contributed by atoms with Crippen LogP contribution in [-0.4, -0.2) is 0 Å². The normalized spacial score (nSPS) is 12.8. The van der Waals surface area contributed by atoms with Crippen molar-refractivity contribution in [3.05, 3.63) is 72.3 Å². The zero-order valence-corrected chi connectivity index (χ0v) is 14.0. The second-order valence-electron chi connectivity index (χ2n) is 6.17. The van der Waals surface area contributed by atoms with Crippen LogP contribution < -0.4 is 0 Å². The highest BCUT2D eigenvalue weighted by atomic mass is 14.2. The van der Waals surface area contributed by atoms with Crippen molar-refractivity contribution in [2.24, 2.45) is 0 Å². The van der Waals surface area contributed by atoms with Gasteiger partial charge in [-0.2, -0.15) is 0 Å². The van der Waals surface area contributed by atoms with Crippen molar-refractivity contribution in [3.63, 3.8) is 0 Å². The van der Waals surface area contributed by atoms with E-state index in [0.717, 1.165) is 0 Å². The topological polar surface area (TPSA) is 0 Å². The van der Waals surface area contributed by atoms with Gasteiger partial charge in [-0.15, -0.1) is 0 Å². The second-order valence-corrected chi connectivity index (χ2v) is 6.17. The summed E-state index contributed by atoms with van der Waals surface area (Å²) in [6, 6.07) is 15.2. The molecule has 0 aromatic heterocycles. The summed E-state index contributed by atoms with van der Waals surface area (Å²) in [5.74, 6) is 0.317. The predicted octanol–water partition coefficient (Wildman–Crippen LogP) is 7.03. The Morgan fingerprint density at radius 2 is 1.82 bits per heavy atom. The molecule has 0 aliphatic carbocycles. The van der Waals surface area contributed by atoms with Gasteiger partial charge in [0.25, 0.3) is 0 Å². The highest BCUT2D eigenvalue weighted by molar-refractivity contribution is 5.86. The molecule has 2 aromatic rings. The Balaban J connectivity index is 2.17. The number of benzene rings is 2. The molecule has 22 heavy (non-hydrogen) atoms. The maximum absolute atomic E-state index is 4.22. The fourth-order valence-corrected chi connectivity index (χ4v) is 2.98. The Kier molecular flexibility index (Phi) is 6.45. The molecule has 2 rings (SSSR count). The minimum Gasteiger partial charge on any atom is -0.0992 e. The molecular weight excluding hydrogens is 264 g/mol. The molecule has 0 amide bonds. The lowest BCUT2D eigenvalue weighted by molar-refractivity contribution is 0.673. The number of hydrogen-bond acceptors (Lipinski definition) is 0. The SMILES string of the molecule is C=C(C)[C@H](/C=C/CCCCCC)c1cccc2ccccc12. The largest absolute Gasteiger partial charge is 0.0992 e. The second kappa shape index (κ2) is 8.58. The van der Waals surface area contributed by atoms with E-state index in [0.29, 0.717) is 5.92 Å². The number of fused-ring (bicyclic) bond motifs is 1. The number of rotatable bonds is 8. The van der Waals surface area contributed by atoms with Crippen molar-refractivity contribution in [2.75, 3.05) is 0 Å². The highest BCUT2D eigenvalue weighted by Crippen LogP contribution is 2.31. The van der Waals surface area contributed by atoms with E-state index in [2.05, 4.69) is 75.0 Å². The van der Waals surface area contributed by atoms with E-state index < -0.39 is 0 Å². The van der Waals surface area contributed by atoms with Crippen molar-refractivity contribution in [2.45, 2.75) is 51.9 Å². The molecule has 2 aromatic carbocycles. The molecule has 0 heterocycles. The van der Waals surface area contributed by atoms with Gasteiger partial charge in [-0.1, -0.05) is 93.0 Å². The molecular formula is C22H28. The monoisotopic (exact) mass is 292 g/mol. The van der Waals surface area contributed by atoms with Crippen LogP contribution in [0.2, 0.25) is 0 Å². The average Bonchev–Trinajstić information content (AvgIpc) is 2.53. The molecule has 0 radical (unpaired) electrons. The van der Waals surface area contributed by atoms with E-state index >= 15 is 0 Å². The molecule has 0 saturated carbocycles. The maximum atomic E-state index is 4.22. The first-order valence-corrected chi connectivity index (χ1v) is 8.53. The molecule has 0 spiro atoms. The Hall–Kier alpha value is -1.82.